The van der Waals surface area contributed by atoms with Crippen LogP contribution in [0.25, 0.3) is 0 Å². The van der Waals surface area contributed by atoms with Gasteiger partial charge >= 0.3 is 0 Å². The number of hydrogen-bond donors (Lipinski definition) is 1. The van der Waals surface area contributed by atoms with Gasteiger partial charge in [-0.3, -0.25) is 0 Å². The van der Waals surface area contributed by atoms with Gasteiger partial charge in [-0.2, -0.15) is 0 Å². The quantitative estimate of drug-likeness (QED) is 0.595. The van der Waals surface area contributed by atoms with Crippen LogP contribution in [-0.4, -0.2) is 20.3 Å². The van der Waals surface area contributed by atoms with Crippen LogP contribution in [0.15, 0.2) is 45.9 Å². The largest absolute Gasteiger partial charge is 0.468 e. The highest BCUT2D eigenvalue weighted by molar-refractivity contribution is 7.98. The van der Waals surface area contributed by atoms with Crippen LogP contribution in [0.3, 0.4) is 0 Å². The van der Waals surface area contributed by atoms with E-state index in [0.29, 0.717) is 0 Å². The lowest BCUT2D eigenvalue weighted by Gasteiger charge is -2.09. The molecule has 0 radical (unpaired) electrons. The third kappa shape index (κ3) is 4.71. The Morgan fingerprint density at radius 1 is 1.30 bits per heavy atom. The van der Waals surface area contributed by atoms with Crippen LogP contribution in [0, 0.1) is 6.92 Å². The highest BCUT2D eigenvalue weighted by atomic mass is 32.2. The zero-order chi connectivity index (χ0) is 14.2. The minimum atomic E-state index is 0.746. The first-order valence-electron chi connectivity index (χ1n) is 6.74. The van der Waals surface area contributed by atoms with E-state index in [1.54, 1.807) is 13.4 Å². The molecule has 1 heterocycles. The molecule has 0 saturated carbocycles. The zero-order valence-corrected chi connectivity index (χ0v) is 12.8. The summed E-state index contributed by atoms with van der Waals surface area (Å²) in [5, 5.41) is 3.36. The number of nitrogens with one attached hydrogen (secondary N) is 1. The summed E-state index contributed by atoms with van der Waals surface area (Å²) in [4.78, 5) is 1.31. The van der Waals surface area contributed by atoms with Crippen LogP contribution in [0.2, 0.25) is 0 Å². The smallest absolute Gasteiger partial charge is 0.113 e. The zero-order valence-electron chi connectivity index (χ0n) is 12.0. The van der Waals surface area contributed by atoms with Crippen molar-refractivity contribution >= 4 is 11.8 Å². The molecule has 0 aliphatic carbocycles. The molecule has 20 heavy (non-hydrogen) atoms. The Bertz CT molecular complexity index is 511. The number of benzene rings is 1. The Morgan fingerprint density at radius 2 is 2.20 bits per heavy atom. The molecule has 2 aromatic rings. The van der Waals surface area contributed by atoms with Crippen molar-refractivity contribution < 1.29 is 9.15 Å². The van der Waals surface area contributed by atoms with E-state index in [9.17, 15) is 0 Å². The van der Waals surface area contributed by atoms with E-state index >= 15 is 0 Å². The fourth-order valence-electron chi connectivity index (χ4n) is 1.93. The minimum absolute atomic E-state index is 0.746. The topological polar surface area (TPSA) is 34.4 Å². The van der Waals surface area contributed by atoms with Crippen molar-refractivity contribution in [2.75, 3.05) is 20.3 Å². The second-order valence-corrected chi connectivity index (χ2v) is 5.65. The van der Waals surface area contributed by atoms with Crippen molar-refractivity contribution in [3.8, 4) is 0 Å². The molecule has 0 spiro atoms. The molecule has 0 amide bonds. The van der Waals surface area contributed by atoms with Crippen LogP contribution in [0.1, 0.15) is 16.9 Å². The number of methoxy groups -OCH3 is 1. The summed E-state index contributed by atoms with van der Waals surface area (Å²) >= 11 is 1.81. The fraction of sp³-hybridized carbons (Fsp3) is 0.375. The molecule has 0 aliphatic rings. The highest BCUT2D eigenvalue weighted by Gasteiger charge is 2.03. The molecule has 0 unspecified atom stereocenters. The molecule has 2 rings (SSSR count). The Morgan fingerprint density at radius 3 is 2.90 bits per heavy atom. The predicted molar refractivity (Wildman–Crippen MR) is 83.0 cm³/mol. The summed E-state index contributed by atoms with van der Waals surface area (Å²) in [5.41, 5.74) is 2.62. The molecule has 1 aromatic heterocycles. The first-order chi connectivity index (χ1) is 9.79. The standard InChI is InChI=1S/C16H21NO2S/c1-13-10-14(11-17-7-9-18-2)5-6-16(13)20-12-15-4-3-8-19-15/h3-6,8,10,17H,7,9,11-12H2,1-2H3. The fourth-order valence-corrected chi connectivity index (χ4v) is 2.85. The van der Waals surface area contributed by atoms with Gasteiger partial charge in [-0.1, -0.05) is 12.1 Å². The van der Waals surface area contributed by atoms with Gasteiger partial charge in [-0.25, -0.2) is 0 Å². The summed E-state index contributed by atoms with van der Waals surface area (Å²) in [6.07, 6.45) is 1.72. The van der Waals surface area contributed by atoms with E-state index in [0.717, 1.165) is 31.2 Å². The van der Waals surface area contributed by atoms with E-state index in [4.69, 9.17) is 9.15 Å². The maximum atomic E-state index is 5.35. The Balaban J connectivity index is 1.85. The van der Waals surface area contributed by atoms with Gasteiger partial charge in [-0.05, 0) is 36.2 Å². The molecule has 0 aliphatic heterocycles. The number of hydrogen-bond acceptors (Lipinski definition) is 4. The molecular formula is C16H21NO2S. The average molecular weight is 291 g/mol. The van der Waals surface area contributed by atoms with Gasteiger partial charge in [0.05, 0.1) is 18.6 Å². The number of aryl methyl sites for hydroxylation is 1. The molecule has 108 valence electrons. The SMILES string of the molecule is COCCNCc1ccc(SCc2ccco2)c(C)c1. The molecule has 0 fully saturated rings. The van der Waals surface area contributed by atoms with Crippen LogP contribution in [0.4, 0.5) is 0 Å². The lowest BCUT2D eigenvalue weighted by Crippen LogP contribution is -2.18. The lowest BCUT2D eigenvalue weighted by atomic mass is 10.1. The van der Waals surface area contributed by atoms with Crippen LogP contribution >= 0.6 is 11.8 Å². The van der Waals surface area contributed by atoms with Crippen LogP contribution in [0.5, 0.6) is 0 Å². The third-order valence-electron chi connectivity index (χ3n) is 3.00. The van der Waals surface area contributed by atoms with Crippen LogP contribution in [-0.2, 0) is 17.0 Å². The summed E-state index contributed by atoms with van der Waals surface area (Å²) < 4.78 is 10.4. The van der Waals surface area contributed by atoms with Gasteiger partial charge in [0.2, 0.25) is 0 Å². The molecule has 0 atom stereocenters. The summed E-state index contributed by atoms with van der Waals surface area (Å²) in [5.74, 6) is 1.89. The summed E-state index contributed by atoms with van der Waals surface area (Å²) in [7, 11) is 1.72. The minimum Gasteiger partial charge on any atom is -0.468 e. The first-order valence-corrected chi connectivity index (χ1v) is 7.72. The number of furan rings is 1. The van der Waals surface area contributed by atoms with Crippen molar-refractivity contribution in [3.63, 3.8) is 0 Å². The van der Waals surface area contributed by atoms with Gasteiger partial charge < -0.3 is 14.5 Å². The van der Waals surface area contributed by atoms with Crippen molar-refractivity contribution in [1.29, 1.82) is 0 Å². The Labute approximate surface area is 124 Å². The first kappa shape index (κ1) is 15.2. The molecular weight excluding hydrogens is 270 g/mol. The Hall–Kier alpha value is -1.23. The molecule has 4 heteroatoms. The third-order valence-corrected chi connectivity index (χ3v) is 4.20. The van der Waals surface area contributed by atoms with Gasteiger partial charge in [0.15, 0.2) is 0 Å². The molecule has 0 saturated heterocycles. The van der Waals surface area contributed by atoms with E-state index in [1.807, 2.05) is 23.9 Å². The second-order valence-electron chi connectivity index (χ2n) is 4.64. The van der Waals surface area contributed by atoms with Gasteiger partial charge in [-0.15, -0.1) is 11.8 Å². The molecule has 1 N–H and O–H groups in total. The van der Waals surface area contributed by atoms with Crippen molar-refractivity contribution in [2.45, 2.75) is 24.1 Å². The predicted octanol–water partition coefficient (Wildman–Crippen LogP) is 3.62. The van der Waals surface area contributed by atoms with Gasteiger partial charge in [0.1, 0.15) is 5.76 Å². The van der Waals surface area contributed by atoms with E-state index < -0.39 is 0 Å². The maximum Gasteiger partial charge on any atom is 0.113 e. The maximum absolute atomic E-state index is 5.35. The van der Waals surface area contributed by atoms with Gasteiger partial charge in [0.25, 0.3) is 0 Å². The average Bonchev–Trinajstić information content (AvgIpc) is 2.96. The number of rotatable bonds is 8. The van der Waals surface area contributed by atoms with Gasteiger partial charge in [0, 0.05) is 25.1 Å². The summed E-state index contributed by atoms with van der Waals surface area (Å²) in [6.45, 7) is 4.66. The van der Waals surface area contributed by atoms with Crippen molar-refractivity contribution in [1.82, 2.24) is 5.32 Å². The highest BCUT2D eigenvalue weighted by Crippen LogP contribution is 2.26. The molecule has 1 aromatic carbocycles. The number of thioether (sulfide) groups is 1. The monoisotopic (exact) mass is 291 g/mol. The molecule has 3 nitrogen and oxygen atoms in total. The van der Waals surface area contributed by atoms with Crippen molar-refractivity contribution in [2.24, 2.45) is 0 Å². The summed E-state index contributed by atoms with van der Waals surface area (Å²) in [6, 6.07) is 10.5. The Kier molecular flexibility index (Phi) is 6.18. The van der Waals surface area contributed by atoms with Crippen molar-refractivity contribution in [3.05, 3.63) is 53.5 Å². The lowest BCUT2D eigenvalue weighted by molar-refractivity contribution is 0.199. The number of ether oxygens (including phenoxy) is 1. The molecule has 0 bridgehead atoms. The van der Waals surface area contributed by atoms with E-state index in [2.05, 4.69) is 30.4 Å². The second kappa shape index (κ2) is 8.15. The van der Waals surface area contributed by atoms with E-state index in [-0.39, 0.29) is 0 Å². The normalized spacial score (nSPS) is 10.9. The van der Waals surface area contributed by atoms with Crippen LogP contribution < -0.4 is 5.32 Å². The van der Waals surface area contributed by atoms with E-state index in [1.165, 1.54) is 16.0 Å².